The fraction of sp³-hybridized carbons (Fsp3) is 0.133. The minimum atomic E-state index is -0.482. The second-order valence-corrected chi connectivity index (χ2v) is 4.93. The average Bonchev–Trinajstić information content (AvgIpc) is 3.00. The summed E-state index contributed by atoms with van der Waals surface area (Å²) in [6.07, 6.45) is 1.22. The molecule has 0 spiro atoms. The van der Waals surface area contributed by atoms with Crippen molar-refractivity contribution in [3.8, 4) is 0 Å². The number of hydrogen-bond donors (Lipinski definition) is 2. The fourth-order valence-electron chi connectivity index (χ4n) is 2.16. The van der Waals surface area contributed by atoms with Crippen molar-refractivity contribution in [1.82, 2.24) is 20.2 Å². The normalized spacial score (nSPS) is 11.9. The molecule has 2 aromatic heterocycles. The third-order valence-electron chi connectivity index (χ3n) is 3.26. The van der Waals surface area contributed by atoms with Crippen molar-refractivity contribution in [3.05, 3.63) is 76.0 Å². The van der Waals surface area contributed by atoms with Crippen LogP contribution < -0.4 is 5.32 Å². The van der Waals surface area contributed by atoms with Gasteiger partial charge in [0.25, 0.3) is 5.69 Å². The molecule has 2 N–H and O–H groups in total. The summed E-state index contributed by atoms with van der Waals surface area (Å²) in [5.74, 6) is 1.79. The van der Waals surface area contributed by atoms with E-state index < -0.39 is 4.92 Å². The Morgan fingerprint density at radius 1 is 1.22 bits per heavy atom. The van der Waals surface area contributed by atoms with Crippen molar-refractivity contribution >= 4 is 11.5 Å². The smallest absolute Gasteiger partial charge is 0.287 e. The summed E-state index contributed by atoms with van der Waals surface area (Å²) >= 11 is 0. The first-order valence-corrected chi connectivity index (χ1v) is 6.94. The lowest BCUT2D eigenvalue weighted by atomic mass is 10.1. The average molecular weight is 310 g/mol. The van der Waals surface area contributed by atoms with E-state index in [1.54, 1.807) is 6.07 Å². The number of anilines is 1. The van der Waals surface area contributed by atoms with Crippen LogP contribution in [0.15, 0.2) is 48.7 Å². The lowest BCUT2D eigenvalue weighted by molar-refractivity contribution is -0.385. The molecule has 0 bridgehead atoms. The van der Waals surface area contributed by atoms with Crippen LogP contribution in [0.4, 0.5) is 11.5 Å². The molecule has 3 rings (SSSR count). The van der Waals surface area contributed by atoms with Gasteiger partial charge >= 0.3 is 0 Å². The quantitative estimate of drug-likeness (QED) is 0.553. The highest BCUT2D eigenvalue weighted by atomic mass is 16.6. The van der Waals surface area contributed by atoms with Gasteiger partial charge in [0.2, 0.25) is 0 Å². The number of H-pyrrole nitrogens is 1. The highest BCUT2D eigenvalue weighted by Crippen LogP contribution is 2.24. The van der Waals surface area contributed by atoms with E-state index in [9.17, 15) is 10.1 Å². The molecule has 1 atom stereocenters. The maximum atomic E-state index is 10.7. The molecule has 8 heteroatoms. The van der Waals surface area contributed by atoms with E-state index in [2.05, 4.69) is 25.5 Å². The summed E-state index contributed by atoms with van der Waals surface area (Å²) in [6.45, 7) is 1.82. The molecule has 0 fully saturated rings. The number of rotatable bonds is 5. The third kappa shape index (κ3) is 3.31. The Bertz CT molecular complexity index is 800. The van der Waals surface area contributed by atoms with Crippen LogP contribution in [0.1, 0.15) is 23.3 Å². The van der Waals surface area contributed by atoms with E-state index in [4.69, 9.17) is 0 Å². The molecule has 8 nitrogen and oxygen atoms in total. The van der Waals surface area contributed by atoms with Gasteiger partial charge < -0.3 is 5.32 Å². The molecule has 0 aliphatic rings. The van der Waals surface area contributed by atoms with Gasteiger partial charge in [-0.25, -0.2) is 9.97 Å². The van der Waals surface area contributed by atoms with E-state index in [1.807, 2.05) is 37.3 Å². The van der Waals surface area contributed by atoms with Crippen molar-refractivity contribution in [2.45, 2.75) is 13.0 Å². The Balaban J connectivity index is 1.91. The summed E-state index contributed by atoms with van der Waals surface area (Å²) in [7, 11) is 0. The van der Waals surface area contributed by atoms with Crippen molar-refractivity contribution in [2.24, 2.45) is 0 Å². The van der Waals surface area contributed by atoms with Gasteiger partial charge in [-0.2, -0.15) is 5.10 Å². The number of aromatic amines is 1. The zero-order valence-electron chi connectivity index (χ0n) is 12.3. The Hall–Kier alpha value is -3.29. The van der Waals surface area contributed by atoms with Gasteiger partial charge in [0, 0.05) is 6.07 Å². The molecule has 3 aromatic rings. The van der Waals surface area contributed by atoms with Gasteiger partial charge in [0.05, 0.1) is 4.92 Å². The minimum absolute atomic E-state index is 0.0550. The third-order valence-corrected chi connectivity index (χ3v) is 3.26. The predicted octanol–water partition coefficient (Wildman–Crippen LogP) is 2.62. The molecule has 2 heterocycles. The van der Waals surface area contributed by atoms with Crippen LogP contribution in [0.3, 0.4) is 0 Å². The Kier molecular flexibility index (Phi) is 3.96. The standard InChI is InChI=1S/C15H14N6O2/c1-10-17-15(20-19-10)14(11-5-3-2-4-6-11)18-13-8-7-12(9-16-13)21(22)23/h2-9,14H,1H3,(H,16,18)(H,17,19,20). The second kappa shape index (κ2) is 6.22. The predicted molar refractivity (Wildman–Crippen MR) is 83.9 cm³/mol. The van der Waals surface area contributed by atoms with Crippen LogP contribution in [0.5, 0.6) is 0 Å². The molecule has 23 heavy (non-hydrogen) atoms. The highest BCUT2D eigenvalue weighted by molar-refractivity contribution is 5.44. The Labute approximate surface area is 131 Å². The summed E-state index contributed by atoms with van der Waals surface area (Å²) in [6, 6.07) is 12.3. The molecule has 0 saturated heterocycles. The van der Waals surface area contributed by atoms with Gasteiger partial charge in [-0.15, -0.1) is 0 Å². The van der Waals surface area contributed by atoms with Gasteiger partial charge in [-0.3, -0.25) is 15.2 Å². The molecule has 0 amide bonds. The monoisotopic (exact) mass is 310 g/mol. The maximum Gasteiger partial charge on any atom is 0.287 e. The number of nitro groups is 1. The number of benzene rings is 1. The first-order valence-electron chi connectivity index (χ1n) is 6.94. The Morgan fingerprint density at radius 2 is 2.00 bits per heavy atom. The van der Waals surface area contributed by atoms with Gasteiger partial charge in [-0.05, 0) is 18.6 Å². The van der Waals surface area contributed by atoms with Crippen LogP contribution >= 0.6 is 0 Å². The highest BCUT2D eigenvalue weighted by Gasteiger charge is 2.19. The first kappa shape index (κ1) is 14.6. The van der Waals surface area contributed by atoms with Crippen LogP contribution in [-0.4, -0.2) is 25.1 Å². The number of pyridine rings is 1. The van der Waals surface area contributed by atoms with E-state index in [0.717, 1.165) is 5.56 Å². The lowest BCUT2D eigenvalue weighted by Gasteiger charge is -2.16. The summed E-state index contributed by atoms with van der Waals surface area (Å²) < 4.78 is 0. The maximum absolute atomic E-state index is 10.7. The summed E-state index contributed by atoms with van der Waals surface area (Å²) in [4.78, 5) is 18.7. The number of nitrogens with zero attached hydrogens (tertiary/aromatic N) is 4. The molecule has 0 radical (unpaired) electrons. The van der Waals surface area contributed by atoms with E-state index in [0.29, 0.717) is 17.5 Å². The van der Waals surface area contributed by atoms with Crippen LogP contribution in [0, 0.1) is 17.0 Å². The summed E-state index contributed by atoms with van der Waals surface area (Å²) in [5, 5.41) is 20.9. The molecular weight excluding hydrogens is 296 g/mol. The van der Waals surface area contributed by atoms with Crippen LogP contribution in [0.2, 0.25) is 0 Å². The topological polar surface area (TPSA) is 110 Å². The van der Waals surface area contributed by atoms with Crippen LogP contribution in [-0.2, 0) is 0 Å². The lowest BCUT2D eigenvalue weighted by Crippen LogP contribution is -2.15. The fourth-order valence-corrected chi connectivity index (χ4v) is 2.16. The molecule has 0 saturated carbocycles. The van der Waals surface area contributed by atoms with Gasteiger partial charge in [0.1, 0.15) is 23.9 Å². The largest absolute Gasteiger partial charge is 0.356 e. The zero-order chi connectivity index (χ0) is 16.2. The van der Waals surface area contributed by atoms with Crippen molar-refractivity contribution in [2.75, 3.05) is 5.32 Å². The first-order chi connectivity index (χ1) is 11.1. The van der Waals surface area contributed by atoms with E-state index in [-0.39, 0.29) is 11.7 Å². The second-order valence-electron chi connectivity index (χ2n) is 4.93. The summed E-state index contributed by atoms with van der Waals surface area (Å²) in [5.41, 5.74) is 0.909. The number of aromatic nitrogens is 4. The van der Waals surface area contributed by atoms with Gasteiger partial charge in [-0.1, -0.05) is 30.3 Å². The van der Waals surface area contributed by atoms with Gasteiger partial charge in [0.15, 0.2) is 5.82 Å². The van der Waals surface area contributed by atoms with E-state index in [1.165, 1.54) is 12.3 Å². The van der Waals surface area contributed by atoms with Crippen molar-refractivity contribution in [3.63, 3.8) is 0 Å². The van der Waals surface area contributed by atoms with Crippen molar-refractivity contribution in [1.29, 1.82) is 0 Å². The number of hydrogen-bond acceptors (Lipinski definition) is 6. The van der Waals surface area contributed by atoms with E-state index >= 15 is 0 Å². The number of aryl methyl sites for hydroxylation is 1. The van der Waals surface area contributed by atoms with Crippen LogP contribution in [0.25, 0.3) is 0 Å². The molecular formula is C15H14N6O2. The molecule has 116 valence electrons. The van der Waals surface area contributed by atoms with Crippen molar-refractivity contribution < 1.29 is 4.92 Å². The minimum Gasteiger partial charge on any atom is -0.356 e. The zero-order valence-corrected chi connectivity index (χ0v) is 12.3. The molecule has 0 aliphatic carbocycles. The SMILES string of the molecule is Cc1nc(C(Nc2ccc([N+](=O)[O-])cn2)c2ccccc2)n[nH]1. The Morgan fingerprint density at radius 3 is 2.57 bits per heavy atom. The molecule has 1 aromatic carbocycles. The molecule has 0 aliphatic heterocycles. The molecule has 1 unspecified atom stereocenters. The number of nitrogens with one attached hydrogen (secondary N) is 2.